The van der Waals surface area contributed by atoms with Crippen LogP contribution in [0, 0.1) is 5.41 Å². The summed E-state index contributed by atoms with van der Waals surface area (Å²) in [7, 11) is 0. The maximum Gasteiger partial charge on any atom is 0.304 e. The van der Waals surface area contributed by atoms with Crippen molar-refractivity contribution in [3.8, 4) is 0 Å². The van der Waals surface area contributed by atoms with Gasteiger partial charge in [-0.25, -0.2) is 0 Å². The van der Waals surface area contributed by atoms with Crippen molar-refractivity contribution in [2.45, 2.75) is 19.4 Å². The molecular weight excluding hydrogens is 238 g/mol. The molecule has 1 aliphatic rings. The molecule has 2 rings (SSSR count). The quantitative estimate of drug-likeness (QED) is 0.708. The van der Waals surface area contributed by atoms with Gasteiger partial charge in [-0.15, -0.1) is 0 Å². The highest BCUT2D eigenvalue weighted by molar-refractivity contribution is 7.07. The zero-order valence-electron chi connectivity index (χ0n) is 9.83. The fourth-order valence-corrected chi connectivity index (χ4v) is 2.70. The monoisotopic (exact) mass is 257 g/mol. The molecule has 0 atom stereocenters. The van der Waals surface area contributed by atoms with Crippen molar-refractivity contribution < 1.29 is 4.74 Å². The number of hydrogen-bond donors (Lipinski definition) is 3. The van der Waals surface area contributed by atoms with Crippen molar-refractivity contribution >= 4 is 11.3 Å². The van der Waals surface area contributed by atoms with Crippen LogP contribution in [-0.4, -0.2) is 31.3 Å². The Morgan fingerprint density at radius 2 is 2.29 bits per heavy atom. The van der Waals surface area contributed by atoms with Gasteiger partial charge in [-0.2, -0.15) is 0 Å². The first-order valence-corrected chi connectivity index (χ1v) is 6.77. The summed E-state index contributed by atoms with van der Waals surface area (Å²) in [6.45, 7) is 3.86. The van der Waals surface area contributed by atoms with Crippen LogP contribution in [0.3, 0.4) is 0 Å². The third-order valence-electron chi connectivity index (χ3n) is 3.37. The smallest absolute Gasteiger partial charge is 0.304 e. The van der Waals surface area contributed by atoms with E-state index in [2.05, 4.69) is 10.3 Å². The summed E-state index contributed by atoms with van der Waals surface area (Å²) in [5, 5.41) is 5.23. The van der Waals surface area contributed by atoms with E-state index < -0.39 is 0 Å². The van der Waals surface area contributed by atoms with Gasteiger partial charge in [0, 0.05) is 37.4 Å². The van der Waals surface area contributed by atoms with E-state index in [4.69, 9.17) is 10.5 Å². The van der Waals surface area contributed by atoms with Gasteiger partial charge >= 0.3 is 4.87 Å². The molecular formula is C11H19N3O2S. The Balaban J connectivity index is 1.81. The van der Waals surface area contributed by atoms with Crippen molar-refractivity contribution in [2.75, 3.05) is 26.3 Å². The van der Waals surface area contributed by atoms with E-state index in [1.807, 2.05) is 5.38 Å². The van der Waals surface area contributed by atoms with Crippen LogP contribution in [0.4, 0.5) is 0 Å². The number of aromatic amines is 1. The Morgan fingerprint density at radius 1 is 1.53 bits per heavy atom. The summed E-state index contributed by atoms with van der Waals surface area (Å²) in [6, 6.07) is 0. The van der Waals surface area contributed by atoms with Gasteiger partial charge in [0.2, 0.25) is 0 Å². The number of thiazole rings is 1. The molecule has 1 aromatic heterocycles. The van der Waals surface area contributed by atoms with E-state index in [0.29, 0.717) is 13.1 Å². The minimum absolute atomic E-state index is 0.00130. The van der Waals surface area contributed by atoms with E-state index in [1.54, 1.807) is 0 Å². The fraction of sp³-hybridized carbons (Fsp3) is 0.727. The van der Waals surface area contributed by atoms with Gasteiger partial charge in [-0.1, -0.05) is 11.3 Å². The number of aromatic nitrogens is 1. The lowest BCUT2D eigenvalue weighted by atomic mass is 9.80. The summed E-state index contributed by atoms with van der Waals surface area (Å²) in [6.07, 6.45) is 2.02. The lowest BCUT2D eigenvalue weighted by Crippen LogP contribution is -2.44. The second-order valence-electron chi connectivity index (χ2n) is 4.59. The van der Waals surface area contributed by atoms with Gasteiger partial charge in [0.1, 0.15) is 0 Å². The highest BCUT2D eigenvalue weighted by Gasteiger charge is 2.30. The van der Waals surface area contributed by atoms with E-state index in [9.17, 15) is 4.79 Å². The largest absolute Gasteiger partial charge is 0.381 e. The van der Waals surface area contributed by atoms with Gasteiger partial charge in [-0.3, -0.25) is 4.79 Å². The van der Waals surface area contributed by atoms with Crippen LogP contribution in [0.25, 0.3) is 0 Å². The molecule has 0 unspecified atom stereocenters. The zero-order chi connectivity index (χ0) is 12.1. The molecule has 0 amide bonds. The standard InChI is InChI=1S/C11H19N3O2S/c12-7-11(1-3-16-4-2-11)8-13-5-9-6-17-10(15)14-9/h6,13H,1-5,7-8,12H2,(H,14,15). The summed E-state index contributed by atoms with van der Waals surface area (Å²) in [4.78, 5) is 13.8. The van der Waals surface area contributed by atoms with Crippen LogP contribution in [-0.2, 0) is 11.3 Å². The molecule has 1 aromatic rings. The number of rotatable bonds is 5. The molecule has 0 bridgehead atoms. The summed E-state index contributed by atoms with van der Waals surface area (Å²) in [5.41, 5.74) is 6.98. The molecule has 0 radical (unpaired) electrons. The molecule has 4 N–H and O–H groups in total. The molecule has 96 valence electrons. The highest BCUT2D eigenvalue weighted by Crippen LogP contribution is 2.28. The van der Waals surface area contributed by atoms with Crippen LogP contribution < -0.4 is 15.9 Å². The van der Waals surface area contributed by atoms with Crippen LogP contribution in [0.15, 0.2) is 10.2 Å². The minimum atomic E-state index is 0.00130. The van der Waals surface area contributed by atoms with Gasteiger partial charge in [0.15, 0.2) is 0 Å². The Bertz CT molecular complexity index is 395. The average Bonchev–Trinajstić information content (AvgIpc) is 2.76. The third-order valence-corrected chi connectivity index (χ3v) is 4.09. The van der Waals surface area contributed by atoms with Crippen molar-refractivity contribution in [3.05, 3.63) is 20.7 Å². The first kappa shape index (κ1) is 12.8. The fourth-order valence-electron chi connectivity index (χ4n) is 2.12. The van der Waals surface area contributed by atoms with E-state index in [1.165, 1.54) is 11.3 Å². The number of nitrogens with two attached hydrogens (primary N) is 1. The molecule has 1 aliphatic heterocycles. The lowest BCUT2D eigenvalue weighted by Gasteiger charge is -2.36. The Kier molecular flexibility index (Phi) is 4.33. The van der Waals surface area contributed by atoms with E-state index >= 15 is 0 Å². The molecule has 0 saturated carbocycles. The SMILES string of the molecule is NCC1(CNCc2csc(=O)[nH]2)CCOCC1. The minimum Gasteiger partial charge on any atom is -0.381 e. The third kappa shape index (κ3) is 3.38. The van der Waals surface area contributed by atoms with Crippen LogP contribution in [0.5, 0.6) is 0 Å². The molecule has 5 nitrogen and oxygen atoms in total. The second-order valence-corrected chi connectivity index (χ2v) is 5.44. The van der Waals surface area contributed by atoms with Gasteiger partial charge in [0.25, 0.3) is 0 Å². The normalized spacial score (nSPS) is 19.4. The number of hydrogen-bond acceptors (Lipinski definition) is 5. The number of nitrogens with one attached hydrogen (secondary N) is 2. The van der Waals surface area contributed by atoms with Crippen molar-refractivity contribution in [1.82, 2.24) is 10.3 Å². The first-order valence-electron chi connectivity index (χ1n) is 5.89. The van der Waals surface area contributed by atoms with Crippen LogP contribution >= 0.6 is 11.3 Å². The Labute approximate surface area is 104 Å². The summed E-state index contributed by atoms with van der Waals surface area (Å²) in [5.74, 6) is 0. The number of H-pyrrole nitrogens is 1. The van der Waals surface area contributed by atoms with Crippen molar-refractivity contribution in [1.29, 1.82) is 0 Å². The topological polar surface area (TPSA) is 80.1 Å². The molecule has 17 heavy (non-hydrogen) atoms. The highest BCUT2D eigenvalue weighted by atomic mass is 32.1. The van der Waals surface area contributed by atoms with Gasteiger partial charge < -0.3 is 20.8 Å². The van der Waals surface area contributed by atoms with Crippen molar-refractivity contribution in [2.24, 2.45) is 11.1 Å². The predicted molar refractivity (Wildman–Crippen MR) is 68.2 cm³/mol. The summed E-state index contributed by atoms with van der Waals surface area (Å²) >= 11 is 1.20. The lowest BCUT2D eigenvalue weighted by molar-refractivity contribution is 0.0191. The molecule has 0 spiro atoms. The van der Waals surface area contributed by atoms with Gasteiger partial charge in [0.05, 0.1) is 0 Å². The molecule has 1 fully saturated rings. The summed E-state index contributed by atoms with van der Waals surface area (Å²) < 4.78 is 5.37. The average molecular weight is 257 g/mol. The van der Waals surface area contributed by atoms with Crippen LogP contribution in [0.2, 0.25) is 0 Å². The van der Waals surface area contributed by atoms with E-state index in [-0.39, 0.29) is 10.3 Å². The van der Waals surface area contributed by atoms with Gasteiger partial charge in [-0.05, 0) is 24.8 Å². The Hall–Kier alpha value is -0.690. The Morgan fingerprint density at radius 3 is 2.88 bits per heavy atom. The molecule has 0 aromatic carbocycles. The zero-order valence-corrected chi connectivity index (χ0v) is 10.6. The molecule has 2 heterocycles. The number of ether oxygens (including phenoxy) is 1. The predicted octanol–water partition coefficient (Wildman–Crippen LogP) is 0.281. The maximum absolute atomic E-state index is 11.0. The second kappa shape index (κ2) is 5.77. The van der Waals surface area contributed by atoms with Crippen LogP contribution in [0.1, 0.15) is 18.5 Å². The maximum atomic E-state index is 11.0. The first-order chi connectivity index (χ1) is 8.24. The van der Waals surface area contributed by atoms with E-state index in [0.717, 1.165) is 38.3 Å². The molecule has 6 heteroatoms. The molecule has 1 saturated heterocycles. The van der Waals surface area contributed by atoms with Crippen molar-refractivity contribution in [3.63, 3.8) is 0 Å². The molecule has 0 aliphatic carbocycles.